The van der Waals surface area contributed by atoms with E-state index >= 15 is 0 Å². The summed E-state index contributed by atoms with van der Waals surface area (Å²) in [6, 6.07) is 4.75. The molecule has 2 rings (SSSR count). The summed E-state index contributed by atoms with van der Waals surface area (Å²) < 4.78 is 1.66. The number of allylic oxidation sites excluding steroid dienone is 4. The van der Waals surface area contributed by atoms with Gasteiger partial charge >= 0.3 is 164 Å². The minimum absolute atomic E-state index is 0. The SMILES string of the molecule is CCCCCC1=C(C(C)C)[C]([Ti+3])=C([SiH2]c2c(C)cc(C)cc2C)C1.[Cl-].[Cl-].[Cl-]. The van der Waals surface area contributed by atoms with Crippen molar-refractivity contribution in [3.05, 3.63) is 49.0 Å². The van der Waals surface area contributed by atoms with Crippen molar-refractivity contribution in [2.45, 2.75) is 73.6 Å². The topological polar surface area (TPSA) is 0 Å². The number of halogens is 3. The predicted molar refractivity (Wildman–Crippen MR) is 106 cm³/mol. The van der Waals surface area contributed by atoms with Crippen molar-refractivity contribution in [1.82, 2.24) is 0 Å². The van der Waals surface area contributed by atoms with E-state index in [2.05, 4.69) is 74.1 Å². The van der Waals surface area contributed by atoms with Gasteiger partial charge in [0, 0.05) is 0 Å². The van der Waals surface area contributed by atoms with Gasteiger partial charge in [-0.3, -0.25) is 0 Å². The van der Waals surface area contributed by atoms with E-state index < -0.39 is 0 Å². The Morgan fingerprint density at radius 3 is 2.04 bits per heavy atom. The molecule has 1 aliphatic carbocycles. The molecule has 0 heterocycles. The van der Waals surface area contributed by atoms with Gasteiger partial charge in [0.25, 0.3) is 0 Å². The molecule has 150 valence electrons. The van der Waals surface area contributed by atoms with Crippen LogP contribution in [0.1, 0.15) is 69.6 Å². The molecule has 0 spiro atoms. The van der Waals surface area contributed by atoms with Crippen molar-refractivity contribution in [3.63, 3.8) is 0 Å². The second-order valence-corrected chi connectivity index (χ2v) is 10.5. The summed E-state index contributed by atoms with van der Waals surface area (Å²) in [6.45, 7) is 13.9. The Bertz CT molecular complexity index is 655. The average molecular weight is 480 g/mol. The van der Waals surface area contributed by atoms with E-state index in [1.807, 2.05) is 0 Å². The molecular weight excluding hydrogens is 447 g/mol. The van der Waals surface area contributed by atoms with E-state index in [4.69, 9.17) is 0 Å². The van der Waals surface area contributed by atoms with E-state index in [1.54, 1.807) is 25.4 Å². The Hall–Kier alpha value is 0.501. The Balaban J connectivity index is 0. The molecule has 0 radical (unpaired) electrons. The van der Waals surface area contributed by atoms with Gasteiger partial charge in [0.2, 0.25) is 0 Å². The molecule has 0 unspecified atom stereocenters. The molecule has 0 atom stereocenters. The minimum atomic E-state index is -0.342. The molecule has 0 nitrogen and oxygen atoms in total. The number of rotatable bonds is 7. The van der Waals surface area contributed by atoms with Crippen molar-refractivity contribution < 1.29 is 57.7 Å². The average Bonchev–Trinajstić information content (AvgIpc) is 2.79. The van der Waals surface area contributed by atoms with Gasteiger partial charge in [-0.25, -0.2) is 0 Å². The van der Waals surface area contributed by atoms with E-state index in [0.29, 0.717) is 5.92 Å². The van der Waals surface area contributed by atoms with E-state index in [1.165, 1.54) is 48.8 Å². The van der Waals surface area contributed by atoms with E-state index in [-0.39, 0.29) is 46.7 Å². The molecule has 0 bridgehead atoms. The van der Waals surface area contributed by atoms with E-state index in [0.717, 1.165) is 0 Å². The van der Waals surface area contributed by atoms with Crippen LogP contribution >= 0.6 is 0 Å². The summed E-state index contributed by atoms with van der Waals surface area (Å²) in [5, 5.41) is 3.49. The fraction of sp³-hybridized carbons (Fsp3) is 0.545. The van der Waals surface area contributed by atoms with Gasteiger partial charge in [-0.1, -0.05) is 0 Å². The standard InChI is InChI=1S/C22H33Si.3ClH.Ti/c1-7-8-9-10-19-13-20(14-21(19)15(2)3)23-22-17(5)11-16(4)12-18(22)6;;;;/h11-12,15H,7-10,13,23H2,1-6H3;3*1H;/q;;;;+3/p-3. The fourth-order valence-electron chi connectivity index (χ4n) is 4.17. The van der Waals surface area contributed by atoms with Crippen molar-refractivity contribution in [2.75, 3.05) is 0 Å². The first kappa shape index (κ1) is 29.7. The molecule has 1 aliphatic rings. The maximum absolute atomic E-state index is 2.41. The second-order valence-electron chi connectivity index (χ2n) is 7.84. The summed E-state index contributed by atoms with van der Waals surface area (Å²) in [7, 11) is -0.342. The number of benzene rings is 1. The monoisotopic (exact) mass is 478 g/mol. The Morgan fingerprint density at radius 1 is 1.00 bits per heavy atom. The van der Waals surface area contributed by atoms with Gasteiger partial charge in [0.1, 0.15) is 0 Å². The molecule has 1 aromatic rings. The van der Waals surface area contributed by atoms with Crippen molar-refractivity contribution in [3.8, 4) is 0 Å². The van der Waals surface area contributed by atoms with E-state index in [9.17, 15) is 0 Å². The van der Waals surface area contributed by atoms with Crippen LogP contribution in [0.4, 0.5) is 0 Å². The maximum atomic E-state index is 2.41. The molecule has 0 fully saturated rings. The van der Waals surface area contributed by atoms with Crippen LogP contribution in [-0.2, 0) is 20.4 Å². The van der Waals surface area contributed by atoms with Gasteiger partial charge in [-0.2, -0.15) is 0 Å². The molecule has 0 N–H and O–H groups in total. The third-order valence-corrected chi connectivity index (χ3v) is 9.34. The Labute approximate surface area is 199 Å². The van der Waals surface area contributed by atoms with Gasteiger partial charge < -0.3 is 37.2 Å². The van der Waals surface area contributed by atoms with Crippen LogP contribution in [0.25, 0.3) is 0 Å². The smallest absolute Gasteiger partial charge is 1.00 e. The van der Waals surface area contributed by atoms with Crippen LogP contribution < -0.4 is 42.4 Å². The van der Waals surface area contributed by atoms with Crippen molar-refractivity contribution >= 4 is 14.7 Å². The minimum Gasteiger partial charge on any atom is -1.00 e. The van der Waals surface area contributed by atoms with Crippen LogP contribution in [0.15, 0.2) is 32.4 Å². The number of hydrogen-bond donors (Lipinski definition) is 0. The molecule has 1 aromatic carbocycles. The molecule has 0 amide bonds. The molecular formula is C22H33Cl3SiTi. The van der Waals surface area contributed by atoms with Crippen LogP contribution in [0, 0.1) is 26.7 Å². The van der Waals surface area contributed by atoms with Crippen molar-refractivity contribution in [2.24, 2.45) is 5.92 Å². The first-order valence-electron chi connectivity index (χ1n) is 9.57. The third kappa shape index (κ3) is 7.68. The van der Waals surface area contributed by atoms with Gasteiger partial charge in [0.15, 0.2) is 0 Å². The van der Waals surface area contributed by atoms with Gasteiger partial charge in [-0.15, -0.1) is 0 Å². The van der Waals surface area contributed by atoms with Crippen LogP contribution in [0.2, 0.25) is 0 Å². The molecule has 5 heteroatoms. The summed E-state index contributed by atoms with van der Waals surface area (Å²) in [6.07, 6.45) is 6.66. The second kappa shape index (κ2) is 13.7. The molecule has 27 heavy (non-hydrogen) atoms. The zero-order chi connectivity index (χ0) is 17.9. The Kier molecular flexibility index (Phi) is 15.0. The summed E-state index contributed by atoms with van der Waals surface area (Å²) in [5.41, 5.74) is 7.91. The van der Waals surface area contributed by atoms with Crippen molar-refractivity contribution in [1.29, 1.82) is 0 Å². The van der Waals surface area contributed by atoms with Gasteiger partial charge in [-0.05, 0) is 0 Å². The quantitative estimate of drug-likeness (QED) is 0.277. The number of unbranched alkanes of at least 4 members (excludes halogenated alkanes) is 2. The fourth-order valence-corrected chi connectivity index (χ4v) is 7.43. The normalized spacial score (nSPS) is 14.0. The molecule has 0 saturated heterocycles. The molecule has 0 aliphatic heterocycles. The Morgan fingerprint density at radius 2 is 1.56 bits per heavy atom. The first-order chi connectivity index (χ1) is 11.3. The summed E-state index contributed by atoms with van der Waals surface area (Å²) in [5.74, 6) is 0.674. The first-order valence-corrected chi connectivity index (χ1v) is 11.8. The zero-order valence-electron chi connectivity index (χ0n) is 17.6. The summed E-state index contributed by atoms with van der Waals surface area (Å²) in [4.78, 5) is 0. The summed E-state index contributed by atoms with van der Waals surface area (Å²) >= 11 is 2.41. The molecule has 0 saturated carbocycles. The number of aryl methyl sites for hydroxylation is 3. The zero-order valence-corrected chi connectivity index (χ0v) is 22.9. The van der Waals surface area contributed by atoms with Crippen LogP contribution in [-0.4, -0.2) is 9.52 Å². The largest absolute Gasteiger partial charge is 1.00 e. The van der Waals surface area contributed by atoms with Gasteiger partial charge in [0.05, 0.1) is 0 Å². The van der Waals surface area contributed by atoms with Crippen LogP contribution in [0.5, 0.6) is 0 Å². The number of hydrogen-bond acceptors (Lipinski definition) is 0. The maximum Gasteiger partial charge on any atom is -1.00 e. The third-order valence-electron chi connectivity index (χ3n) is 5.32. The predicted octanol–water partition coefficient (Wildman–Crippen LogP) is -3.89. The van der Waals surface area contributed by atoms with Crippen LogP contribution in [0.3, 0.4) is 0 Å². The molecule has 0 aromatic heterocycles.